The fourth-order valence-electron chi connectivity index (χ4n) is 6.19. The van der Waals surface area contributed by atoms with Crippen molar-refractivity contribution in [3.63, 3.8) is 0 Å². The van der Waals surface area contributed by atoms with E-state index in [0.29, 0.717) is 0 Å². The molecule has 0 radical (unpaired) electrons. The molecule has 20 atom stereocenters. The molecule has 4 saturated heterocycles. The Morgan fingerprint density at radius 3 is 1.64 bits per heavy atom. The van der Waals surface area contributed by atoms with Gasteiger partial charge >= 0.3 is 0 Å². The van der Waals surface area contributed by atoms with Gasteiger partial charge in [-0.05, 0) is 6.92 Å². The van der Waals surface area contributed by atoms with Gasteiger partial charge in [0.25, 0.3) is 0 Å². The maximum absolute atomic E-state index is 12.5. The van der Waals surface area contributed by atoms with Crippen LogP contribution < -0.4 is 10.6 Å². The van der Waals surface area contributed by atoms with Gasteiger partial charge < -0.3 is 100.0 Å². The molecular formula is C28H48N2O20. The van der Waals surface area contributed by atoms with Crippen LogP contribution in [0.1, 0.15) is 20.8 Å². The van der Waals surface area contributed by atoms with Crippen LogP contribution in [0.3, 0.4) is 0 Å². The average Bonchev–Trinajstić information content (AvgIpc) is 3.06. The topological polar surface area (TPSA) is 345 Å². The van der Waals surface area contributed by atoms with Gasteiger partial charge in [-0.2, -0.15) is 0 Å². The number of carbonyl (C=O) groups is 2. The molecule has 0 spiro atoms. The van der Waals surface area contributed by atoms with Crippen LogP contribution in [0.25, 0.3) is 0 Å². The maximum Gasteiger partial charge on any atom is 0.217 e. The quantitative estimate of drug-likeness (QED) is 0.0938. The standard InChI is InChI=1S/C28H48N2O20/c1-7-15(35)19(39)21(41)27(45-7)50-24-14(30-9(3)34)26(44-6-12-17(37)18(38)13(25(43)46-12)29-8(2)33)48-11(5-32)23(24)49-28-22(42)20(40)16(36)10(4-31)47-28/h7,10-28,31-32,35-43H,4-6H2,1-3H3,(H,29,33)(H,30,34)/t7-,10+,11+,12+,13+,14+,15+,16-,17-,18+,19+,20-,21-,22+,23+,24+,25?,26+,27-,28-/m0/s1. The van der Waals surface area contributed by atoms with Crippen LogP contribution in [-0.2, 0) is 42.7 Å². The molecule has 2 amide bonds. The summed E-state index contributed by atoms with van der Waals surface area (Å²) in [7, 11) is 0. The van der Waals surface area contributed by atoms with Crippen molar-refractivity contribution in [2.75, 3.05) is 19.8 Å². The van der Waals surface area contributed by atoms with Crippen molar-refractivity contribution in [2.24, 2.45) is 0 Å². The summed E-state index contributed by atoms with van der Waals surface area (Å²) in [6, 6.07) is -2.91. The Bertz CT molecular complexity index is 1120. The number of aliphatic hydroxyl groups is 11. The molecule has 0 bridgehead atoms. The fourth-order valence-corrected chi connectivity index (χ4v) is 6.19. The Kier molecular flexibility index (Phi) is 14.2. The maximum atomic E-state index is 12.5. The molecule has 0 aromatic carbocycles. The Morgan fingerprint density at radius 2 is 1.06 bits per heavy atom. The van der Waals surface area contributed by atoms with Crippen LogP contribution in [0.4, 0.5) is 0 Å². The normalized spacial score (nSPS) is 48.5. The summed E-state index contributed by atoms with van der Waals surface area (Å²) in [6.45, 7) is 1.22. The molecule has 50 heavy (non-hydrogen) atoms. The van der Waals surface area contributed by atoms with Crippen molar-refractivity contribution in [1.29, 1.82) is 0 Å². The smallest absolute Gasteiger partial charge is 0.217 e. The number of ether oxygens (including phenoxy) is 7. The summed E-state index contributed by atoms with van der Waals surface area (Å²) < 4.78 is 40.1. The van der Waals surface area contributed by atoms with Crippen molar-refractivity contribution >= 4 is 11.8 Å². The number of amides is 2. The summed E-state index contributed by atoms with van der Waals surface area (Å²) in [4.78, 5) is 24.0. The number of nitrogens with one attached hydrogen (secondary N) is 2. The summed E-state index contributed by atoms with van der Waals surface area (Å²) in [6.07, 6.45) is -30.1. The van der Waals surface area contributed by atoms with E-state index in [1.807, 2.05) is 0 Å². The van der Waals surface area contributed by atoms with Crippen LogP contribution in [0.2, 0.25) is 0 Å². The van der Waals surface area contributed by atoms with Gasteiger partial charge in [-0.1, -0.05) is 0 Å². The van der Waals surface area contributed by atoms with Gasteiger partial charge in [0.1, 0.15) is 91.4 Å². The van der Waals surface area contributed by atoms with Crippen molar-refractivity contribution in [3.8, 4) is 0 Å². The lowest BCUT2D eigenvalue weighted by molar-refractivity contribution is -0.375. The van der Waals surface area contributed by atoms with Crippen LogP contribution in [-0.4, -0.2) is 211 Å². The van der Waals surface area contributed by atoms with Crippen molar-refractivity contribution in [1.82, 2.24) is 10.6 Å². The molecule has 0 saturated carbocycles. The van der Waals surface area contributed by atoms with Crippen molar-refractivity contribution in [2.45, 2.75) is 143 Å². The van der Waals surface area contributed by atoms with E-state index in [2.05, 4.69) is 10.6 Å². The molecule has 0 aliphatic carbocycles. The van der Waals surface area contributed by atoms with Crippen LogP contribution in [0.15, 0.2) is 0 Å². The molecule has 290 valence electrons. The van der Waals surface area contributed by atoms with Gasteiger partial charge in [-0.25, -0.2) is 0 Å². The minimum atomic E-state index is -1.95. The zero-order valence-electron chi connectivity index (χ0n) is 27.3. The molecular weight excluding hydrogens is 684 g/mol. The summed E-state index contributed by atoms with van der Waals surface area (Å²) >= 11 is 0. The summed E-state index contributed by atoms with van der Waals surface area (Å²) in [5, 5.41) is 119. The molecule has 0 aromatic heterocycles. The van der Waals surface area contributed by atoms with Gasteiger partial charge in [0.15, 0.2) is 25.2 Å². The van der Waals surface area contributed by atoms with Crippen LogP contribution in [0.5, 0.6) is 0 Å². The summed E-state index contributed by atoms with van der Waals surface area (Å²) in [5.74, 6) is -1.35. The Labute approximate surface area is 285 Å². The fraction of sp³-hybridized carbons (Fsp3) is 0.929. The largest absolute Gasteiger partial charge is 0.394 e. The Hall–Kier alpha value is -1.78. The molecule has 4 fully saturated rings. The second-order valence-electron chi connectivity index (χ2n) is 12.6. The highest BCUT2D eigenvalue weighted by Gasteiger charge is 2.55. The molecule has 22 heteroatoms. The lowest BCUT2D eigenvalue weighted by Crippen LogP contribution is -2.70. The average molecular weight is 733 g/mol. The van der Waals surface area contributed by atoms with E-state index < -0.39 is 154 Å². The molecule has 4 aliphatic rings. The first-order valence-corrected chi connectivity index (χ1v) is 15.9. The van der Waals surface area contributed by atoms with Gasteiger partial charge in [0.05, 0.1) is 25.9 Å². The number of hydrogen-bond donors (Lipinski definition) is 13. The minimum Gasteiger partial charge on any atom is -0.394 e. The number of carbonyl (C=O) groups excluding carboxylic acids is 2. The SMILES string of the molecule is CC(=O)N[C@H]1[C@H](OC[C@H]2OC(O)[C@H](NC(C)=O)[C@@H](O)[C@H]2O)O[C@H](CO)[C@@H](O[C@@H]2O[C@H](CO)[C@H](O)[C@H](O)[C@H]2O)[C@@H]1O[C@@H]1O[C@@H](C)[C@@H](O)[C@@H](O)[C@@H]1O. The first-order chi connectivity index (χ1) is 23.5. The van der Waals surface area contributed by atoms with E-state index in [0.717, 1.165) is 13.8 Å². The second kappa shape index (κ2) is 17.4. The second-order valence-corrected chi connectivity index (χ2v) is 12.6. The third-order valence-corrected chi connectivity index (χ3v) is 8.95. The third kappa shape index (κ3) is 8.87. The molecule has 4 heterocycles. The minimum absolute atomic E-state index is 0.627. The number of hydrogen-bond acceptors (Lipinski definition) is 20. The van der Waals surface area contributed by atoms with Crippen LogP contribution >= 0.6 is 0 Å². The van der Waals surface area contributed by atoms with E-state index in [-0.39, 0.29) is 0 Å². The Morgan fingerprint density at radius 1 is 0.560 bits per heavy atom. The van der Waals surface area contributed by atoms with E-state index in [9.17, 15) is 65.8 Å². The predicted octanol–water partition coefficient (Wildman–Crippen LogP) is -8.43. The van der Waals surface area contributed by atoms with Crippen molar-refractivity contribution < 1.29 is 98.9 Å². The number of rotatable bonds is 11. The molecule has 0 aromatic rings. The van der Waals surface area contributed by atoms with E-state index >= 15 is 0 Å². The van der Waals surface area contributed by atoms with Gasteiger partial charge in [0.2, 0.25) is 11.8 Å². The molecule has 4 rings (SSSR count). The molecule has 13 N–H and O–H groups in total. The van der Waals surface area contributed by atoms with Crippen LogP contribution in [0, 0.1) is 0 Å². The third-order valence-electron chi connectivity index (χ3n) is 8.95. The Balaban J connectivity index is 1.65. The van der Waals surface area contributed by atoms with Gasteiger partial charge in [0, 0.05) is 13.8 Å². The monoisotopic (exact) mass is 732 g/mol. The lowest BCUT2D eigenvalue weighted by atomic mass is 9.94. The molecule has 22 nitrogen and oxygen atoms in total. The van der Waals surface area contributed by atoms with E-state index in [1.54, 1.807) is 0 Å². The highest BCUT2D eigenvalue weighted by Crippen LogP contribution is 2.34. The lowest BCUT2D eigenvalue weighted by Gasteiger charge is -2.50. The predicted molar refractivity (Wildman–Crippen MR) is 156 cm³/mol. The highest BCUT2D eigenvalue weighted by molar-refractivity contribution is 5.73. The van der Waals surface area contributed by atoms with Gasteiger partial charge in [-0.3, -0.25) is 9.59 Å². The first-order valence-electron chi connectivity index (χ1n) is 15.9. The first kappa shape index (κ1) is 41.0. The summed E-state index contributed by atoms with van der Waals surface area (Å²) in [5.41, 5.74) is 0. The van der Waals surface area contributed by atoms with E-state index in [1.165, 1.54) is 6.92 Å². The zero-order chi connectivity index (χ0) is 37.2. The number of aliphatic hydroxyl groups excluding tert-OH is 11. The van der Waals surface area contributed by atoms with Gasteiger partial charge in [-0.15, -0.1) is 0 Å². The molecule has 1 unspecified atom stereocenters. The highest BCUT2D eigenvalue weighted by atomic mass is 16.8. The van der Waals surface area contributed by atoms with Crippen molar-refractivity contribution in [3.05, 3.63) is 0 Å². The molecule has 4 aliphatic heterocycles. The zero-order valence-corrected chi connectivity index (χ0v) is 27.3. The van der Waals surface area contributed by atoms with E-state index in [4.69, 9.17) is 33.2 Å².